The number of likely N-dealkylation sites (tertiary alicyclic amines) is 1. The molecule has 0 aromatic heterocycles. The fraction of sp³-hybridized carbons (Fsp3) is 0.909. The van der Waals surface area contributed by atoms with Gasteiger partial charge in [-0.15, -0.1) is 0 Å². The number of amides is 2. The molecule has 0 aromatic rings. The minimum absolute atomic E-state index is 0.194. The minimum atomic E-state index is 0.194. The Labute approximate surface area is 92.6 Å². The zero-order valence-corrected chi connectivity index (χ0v) is 10.1. The predicted molar refractivity (Wildman–Crippen MR) is 62.0 cm³/mol. The van der Waals surface area contributed by atoms with Crippen LogP contribution in [0.4, 0.5) is 4.79 Å². The van der Waals surface area contributed by atoms with E-state index in [1.807, 2.05) is 30.7 Å². The van der Waals surface area contributed by atoms with E-state index in [1.54, 1.807) is 0 Å². The van der Waals surface area contributed by atoms with Gasteiger partial charge in [-0.25, -0.2) is 4.79 Å². The third-order valence-corrected chi connectivity index (χ3v) is 3.13. The van der Waals surface area contributed by atoms with Gasteiger partial charge in [-0.3, -0.25) is 0 Å². The van der Waals surface area contributed by atoms with Crippen LogP contribution in [0.15, 0.2) is 0 Å². The van der Waals surface area contributed by atoms with Crippen LogP contribution >= 0.6 is 0 Å². The fourth-order valence-electron chi connectivity index (χ4n) is 2.08. The standard InChI is InChI=1S/C11H23N3O/c1-4-13(5-2)11(15)14-8-6-7-10(9-14)12-3/h10,12H,4-9H2,1-3H3/t10-/m0/s1. The van der Waals surface area contributed by atoms with Crippen LogP contribution in [0.1, 0.15) is 26.7 Å². The van der Waals surface area contributed by atoms with Crippen LogP contribution in [0, 0.1) is 0 Å². The van der Waals surface area contributed by atoms with Gasteiger partial charge in [0.15, 0.2) is 0 Å². The lowest BCUT2D eigenvalue weighted by molar-refractivity contribution is 0.139. The van der Waals surface area contributed by atoms with Gasteiger partial charge in [0.1, 0.15) is 0 Å². The van der Waals surface area contributed by atoms with Crippen LogP contribution < -0.4 is 5.32 Å². The Balaban J connectivity index is 2.51. The maximum absolute atomic E-state index is 12.0. The van der Waals surface area contributed by atoms with E-state index in [0.717, 1.165) is 32.6 Å². The zero-order chi connectivity index (χ0) is 11.3. The largest absolute Gasteiger partial charge is 0.325 e. The van der Waals surface area contributed by atoms with E-state index in [-0.39, 0.29) is 6.03 Å². The van der Waals surface area contributed by atoms with Gasteiger partial charge in [0.25, 0.3) is 0 Å². The molecule has 1 fully saturated rings. The molecule has 1 rings (SSSR count). The summed E-state index contributed by atoms with van der Waals surface area (Å²) in [5.41, 5.74) is 0. The summed E-state index contributed by atoms with van der Waals surface area (Å²) in [5, 5.41) is 3.25. The highest BCUT2D eigenvalue weighted by Crippen LogP contribution is 2.11. The molecule has 4 heteroatoms. The van der Waals surface area contributed by atoms with Crippen LogP contribution in [-0.2, 0) is 0 Å². The smallest absolute Gasteiger partial charge is 0.320 e. The molecular formula is C11H23N3O. The van der Waals surface area contributed by atoms with Gasteiger partial charge in [-0.1, -0.05) is 0 Å². The zero-order valence-electron chi connectivity index (χ0n) is 10.1. The molecule has 88 valence electrons. The SMILES string of the molecule is CCN(CC)C(=O)N1CCC[C@H](NC)C1. The molecular weight excluding hydrogens is 190 g/mol. The van der Waals surface area contributed by atoms with Crippen molar-refractivity contribution in [1.82, 2.24) is 15.1 Å². The first-order valence-electron chi connectivity index (χ1n) is 5.94. The van der Waals surface area contributed by atoms with E-state index >= 15 is 0 Å². The van der Waals surface area contributed by atoms with Gasteiger partial charge in [-0.05, 0) is 33.7 Å². The number of rotatable bonds is 3. The lowest BCUT2D eigenvalue weighted by atomic mass is 10.1. The third kappa shape index (κ3) is 3.09. The van der Waals surface area contributed by atoms with Gasteiger partial charge in [0, 0.05) is 32.2 Å². The van der Waals surface area contributed by atoms with Gasteiger partial charge in [0.05, 0.1) is 0 Å². The highest BCUT2D eigenvalue weighted by molar-refractivity contribution is 5.74. The normalized spacial score (nSPS) is 21.5. The number of piperidine rings is 1. The molecule has 1 aliphatic rings. The molecule has 0 aliphatic carbocycles. The van der Waals surface area contributed by atoms with Crippen molar-refractivity contribution in [3.05, 3.63) is 0 Å². The summed E-state index contributed by atoms with van der Waals surface area (Å²) in [6, 6.07) is 0.665. The third-order valence-electron chi connectivity index (χ3n) is 3.13. The monoisotopic (exact) mass is 213 g/mol. The Kier molecular flexibility index (Phi) is 4.88. The molecule has 0 saturated carbocycles. The van der Waals surface area contributed by atoms with Gasteiger partial charge < -0.3 is 15.1 Å². The molecule has 0 unspecified atom stereocenters. The first kappa shape index (κ1) is 12.3. The average Bonchev–Trinajstić information content (AvgIpc) is 2.30. The van der Waals surface area contributed by atoms with Crippen LogP contribution in [0.2, 0.25) is 0 Å². The lowest BCUT2D eigenvalue weighted by Gasteiger charge is -2.35. The van der Waals surface area contributed by atoms with E-state index in [4.69, 9.17) is 0 Å². The summed E-state index contributed by atoms with van der Waals surface area (Å²) in [7, 11) is 1.97. The van der Waals surface area contributed by atoms with E-state index in [0.29, 0.717) is 6.04 Å². The first-order valence-corrected chi connectivity index (χ1v) is 5.94. The van der Waals surface area contributed by atoms with Crippen molar-refractivity contribution >= 4 is 6.03 Å². The molecule has 2 amide bonds. The Hall–Kier alpha value is -0.770. The number of likely N-dealkylation sites (N-methyl/N-ethyl adjacent to an activating group) is 1. The van der Waals surface area contributed by atoms with Crippen molar-refractivity contribution in [1.29, 1.82) is 0 Å². The van der Waals surface area contributed by atoms with Crippen molar-refractivity contribution in [3.8, 4) is 0 Å². The maximum atomic E-state index is 12.0. The summed E-state index contributed by atoms with van der Waals surface area (Å²) in [4.78, 5) is 15.9. The highest BCUT2D eigenvalue weighted by Gasteiger charge is 2.24. The number of nitrogens with zero attached hydrogens (tertiary/aromatic N) is 2. The molecule has 4 nitrogen and oxygen atoms in total. The van der Waals surface area contributed by atoms with Gasteiger partial charge in [0.2, 0.25) is 0 Å². The summed E-state index contributed by atoms with van der Waals surface area (Å²) in [5.74, 6) is 0. The Morgan fingerprint density at radius 3 is 2.67 bits per heavy atom. The number of urea groups is 1. The van der Waals surface area contributed by atoms with Crippen molar-refractivity contribution in [2.45, 2.75) is 32.7 Å². The Bertz CT molecular complexity index is 204. The second kappa shape index (κ2) is 5.95. The van der Waals surface area contributed by atoms with Crippen molar-refractivity contribution < 1.29 is 4.79 Å². The minimum Gasteiger partial charge on any atom is -0.325 e. The fourth-order valence-corrected chi connectivity index (χ4v) is 2.08. The Morgan fingerprint density at radius 2 is 2.13 bits per heavy atom. The van der Waals surface area contributed by atoms with E-state index in [9.17, 15) is 4.79 Å². The maximum Gasteiger partial charge on any atom is 0.320 e. The molecule has 0 bridgehead atoms. The quantitative estimate of drug-likeness (QED) is 0.763. The second-order valence-corrected chi connectivity index (χ2v) is 4.03. The molecule has 1 atom stereocenters. The molecule has 0 radical (unpaired) electrons. The average molecular weight is 213 g/mol. The van der Waals surface area contributed by atoms with Gasteiger partial charge in [-0.2, -0.15) is 0 Å². The van der Waals surface area contributed by atoms with Gasteiger partial charge >= 0.3 is 6.03 Å². The summed E-state index contributed by atoms with van der Waals surface area (Å²) < 4.78 is 0. The summed E-state index contributed by atoms with van der Waals surface area (Å²) >= 11 is 0. The molecule has 1 N–H and O–H groups in total. The van der Waals surface area contributed by atoms with Crippen molar-refractivity contribution in [2.24, 2.45) is 0 Å². The van der Waals surface area contributed by atoms with Crippen LogP contribution in [0.5, 0.6) is 0 Å². The molecule has 1 aliphatic heterocycles. The van der Waals surface area contributed by atoms with Crippen LogP contribution in [-0.4, -0.2) is 55.1 Å². The number of carbonyl (C=O) groups is 1. The lowest BCUT2D eigenvalue weighted by Crippen LogP contribution is -2.51. The number of carbonyl (C=O) groups excluding carboxylic acids is 1. The molecule has 15 heavy (non-hydrogen) atoms. The van der Waals surface area contributed by atoms with E-state index in [1.165, 1.54) is 6.42 Å². The highest BCUT2D eigenvalue weighted by atomic mass is 16.2. The number of nitrogens with one attached hydrogen (secondary N) is 1. The van der Waals surface area contributed by atoms with Crippen LogP contribution in [0.3, 0.4) is 0 Å². The first-order chi connectivity index (χ1) is 7.22. The summed E-state index contributed by atoms with van der Waals surface area (Å²) in [6.07, 6.45) is 2.29. The summed E-state index contributed by atoms with van der Waals surface area (Å²) in [6.45, 7) is 7.42. The van der Waals surface area contributed by atoms with Crippen molar-refractivity contribution in [3.63, 3.8) is 0 Å². The second-order valence-electron chi connectivity index (χ2n) is 4.03. The Morgan fingerprint density at radius 1 is 1.47 bits per heavy atom. The number of hydrogen-bond donors (Lipinski definition) is 1. The number of hydrogen-bond acceptors (Lipinski definition) is 2. The molecule has 0 aromatic carbocycles. The predicted octanol–water partition coefficient (Wildman–Crippen LogP) is 1.13. The molecule has 1 heterocycles. The van der Waals surface area contributed by atoms with Crippen molar-refractivity contribution in [2.75, 3.05) is 33.2 Å². The van der Waals surface area contributed by atoms with Crippen LogP contribution in [0.25, 0.3) is 0 Å². The van der Waals surface area contributed by atoms with E-state index < -0.39 is 0 Å². The molecule has 1 saturated heterocycles. The topological polar surface area (TPSA) is 35.6 Å². The van der Waals surface area contributed by atoms with E-state index in [2.05, 4.69) is 5.32 Å². The molecule has 0 spiro atoms.